The molecule has 6 heteroatoms. The zero-order valence-corrected chi connectivity index (χ0v) is 29.4. The van der Waals surface area contributed by atoms with Crippen LogP contribution in [0.1, 0.15) is 73.6 Å². The average molecular weight is 814 g/mol. The maximum absolute atomic E-state index is 11.7. The van der Waals surface area contributed by atoms with E-state index in [0.29, 0.717) is 24.4 Å². The molecule has 0 bridgehead atoms. The van der Waals surface area contributed by atoms with E-state index in [1.165, 1.54) is 44.5 Å². The summed E-state index contributed by atoms with van der Waals surface area (Å²) in [5, 5.41) is 0. The molecule has 0 unspecified atom stereocenters. The van der Waals surface area contributed by atoms with Gasteiger partial charge >= 0.3 is 0 Å². The third-order valence-corrected chi connectivity index (χ3v) is 10.8. The number of rotatable bonds is 0. The summed E-state index contributed by atoms with van der Waals surface area (Å²) >= 11 is 12.7. The number of hydrogen-bond donors (Lipinski definition) is 0. The largest absolute Gasteiger partial charge is 0.300 e. The van der Waals surface area contributed by atoms with Gasteiger partial charge in [0.05, 0.1) is 0 Å². The first-order valence-electron chi connectivity index (χ1n) is 14.4. The molecule has 4 aromatic rings. The molecule has 42 heavy (non-hydrogen) atoms. The Morgan fingerprint density at radius 3 is 1.19 bits per heavy atom. The molecule has 0 saturated heterocycles. The van der Waals surface area contributed by atoms with E-state index < -0.39 is 0 Å². The van der Waals surface area contributed by atoms with E-state index in [2.05, 4.69) is 145 Å². The van der Waals surface area contributed by atoms with Gasteiger partial charge in [-0.1, -0.05) is 92.5 Å². The third kappa shape index (κ3) is 5.04. The van der Waals surface area contributed by atoms with Crippen LogP contribution in [0.15, 0.2) is 93.9 Å². The Bertz CT molecular complexity index is 1570. The van der Waals surface area contributed by atoms with Gasteiger partial charge in [0.1, 0.15) is 11.6 Å². The smallest absolute Gasteiger partial charge is 0.133 e. The molecule has 0 radical (unpaired) electrons. The van der Waals surface area contributed by atoms with E-state index >= 15 is 0 Å². The minimum atomic E-state index is 0.0200. The highest BCUT2D eigenvalue weighted by Crippen LogP contribution is 2.57. The van der Waals surface area contributed by atoms with Crippen molar-refractivity contribution in [1.82, 2.24) is 0 Å². The summed E-state index contributed by atoms with van der Waals surface area (Å²) in [5.74, 6) is 0.827. The van der Waals surface area contributed by atoms with Gasteiger partial charge in [0, 0.05) is 73.7 Å². The highest BCUT2D eigenvalue weighted by molar-refractivity contribution is 9.93. The molecular formula is C36H30Br4O2. The van der Waals surface area contributed by atoms with Crippen molar-refractivity contribution < 1.29 is 9.59 Å². The third-order valence-electron chi connectivity index (χ3n) is 9.78. The van der Waals surface area contributed by atoms with Crippen LogP contribution in [0.25, 0.3) is 22.3 Å². The Morgan fingerprint density at radius 1 is 0.452 bits per heavy atom. The SMILES string of the molecule is BrBr.O=C1CCC2(CC1)c1cc(Br)ccc1-c1ccc(Br)cc12.O=C1CCC2(CC1)c1ccccc1-c1ccccc12. The molecule has 4 aromatic carbocycles. The number of carbonyl (C=O) groups excluding carboxylic acids is 2. The maximum atomic E-state index is 11.7. The van der Waals surface area contributed by atoms with Gasteiger partial charge in [0.25, 0.3) is 0 Å². The van der Waals surface area contributed by atoms with Gasteiger partial charge in [-0.3, -0.25) is 9.59 Å². The van der Waals surface area contributed by atoms with Crippen molar-refractivity contribution in [3.63, 3.8) is 0 Å². The topological polar surface area (TPSA) is 34.1 Å². The molecule has 4 aliphatic rings. The van der Waals surface area contributed by atoms with Crippen LogP contribution >= 0.6 is 60.1 Å². The highest BCUT2D eigenvalue weighted by atomic mass is 80.9. The van der Waals surface area contributed by atoms with Crippen molar-refractivity contribution >= 4 is 71.7 Å². The molecule has 0 atom stereocenters. The lowest BCUT2D eigenvalue weighted by molar-refractivity contribution is -0.121. The normalized spacial score (nSPS) is 18.2. The lowest BCUT2D eigenvalue weighted by Gasteiger charge is -2.35. The molecule has 214 valence electrons. The van der Waals surface area contributed by atoms with Crippen molar-refractivity contribution in [3.05, 3.63) is 116 Å². The van der Waals surface area contributed by atoms with E-state index in [1.54, 1.807) is 0 Å². The highest BCUT2D eigenvalue weighted by Gasteiger charge is 2.46. The molecule has 2 fully saturated rings. The van der Waals surface area contributed by atoms with Gasteiger partial charge < -0.3 is 0 Å². The monoisotopic (exact) mass is 810 g/mol. The van der Waals surface area contributed by atoms with Crippen molar-refractivity contribution in [1.29, 1.82) is 0 Å². The Hall–Kier alpha value is -1.86. The molecule has 0 heterocycles. The maximum Gasteiger partial charge on any atom is 0.133 e. The van der Waals surface area contributed by atoms with Crippen LogP contribution in [0, 0.1) is 0 Å². The quantitative estimate of drug-likeness (QED) is 0.177. The number of fused-ring (bicyclic) bond motifs is 10. The van der Waals surface area contributed by atoms with Crippen LogP contribution in [0.2, 0.25) is 0 Å². The molecule has 0 aliphatic heterocycles. The summed E-state index contributed by atoms with van der Waals surface area (Å²) in [4.78, 5) is 23.4. The fourth-order valence-corrected chi connectivity index (χ4v) is 8.57. The predicted octanol–water partition coefficient (Wildman–Crippen LogP) is 11.4. The number of ketones is 2. The summed E-state index contributed by atoms with van der Waals surface area (Å²) in [7, 11) is 0. The molecule has 2 saturated carbocycles. The molecule has 0 aromatic heterocycles. The van der Waals surface area contributed by atoms with E-state index in [-0.39, 0.29) is 10.8 Å². The van der Waals surface area contributed by atoms with Crippen LogP contribution in [0.4, 0.5) is 0 Å². The molecule has 8 rings (SSSR count). The van der Waals surface area contributed by atoms with Gasteiger partial charge in [-0.05, 0) is 94.5 Å². The van der Waals surface area contributed by atoms with Crippen LogP contribution in [-0.2, 0) is 20.4 Å². The second-order valence-corrected chi connectivity index (χ2v) is 13.5. The zero-order valence-electron chi connectivity index (χ0n) is 23.1. The lowest BCUT2D eigenvalue weighted by atomic mass is 9.67. The van der Waals surface area contributed by atoms with E-state index in [0.717, 1.165) is 47.5 Å². The van der Waals surface area contributed by atoms with Gasteiger partial charge in [-0.2, -0.15) is 0 Å². The Morgan fingerprint density at radius 2 is 0.786 bits per heavy atom. The van der Waals surface area contributed by atoms with Crippen molar-refractivity contribution in [3.8, 4) is 22.3 Å². The van der Waals surface area contributed by atoms with Gasteiger partial charge in [-0.15, -0.1) is 0 Å². The Balaban J connectivity index is 0.000000143. The second kappa shape index (κ2) is 12.3. The number of Topliss-reactive ketones (excluding diaryl/α,β-unsaturated/α-hetero) is 2. The standard InChI is InChI=1S/C18H14Br2O.C18H16O.Br2/c19-11-1-3-14-15-4-2-12(20)10-17(15)18(16(14)9-11)7-5-13(21)6-8-18;19-13-9-11-18(12-10-13)16-7-3-1-5-14(16)15-6-2-4-8-17(15)18;1-2/h1-4,9-10H,5-8H2;1-8H,9-12H2;. The fraction of sp³-hybridized carbons (Fsp3) is 0.278. The Kier molecular flexibility index (Phi) is 8.81. The van der Waals surface area contributed by atoms with E-state index in [9.17, 15) is 9.59 Å². The molecule has 0 amide bonds. The minimum absolute atomic E-state index is 0.0200. The summed E-state index contributed by atoms with van der Waals surface area (Å²) in [6.45, 7) is 0. The van der Waals surface area contributed by atoms with E-state index in [4.69, 9.17) is 0 Å². The molecule has 2 nitrogen and oxygen atoms in total. The molecule has 4 aliphatic carbocycles. The van der Waals surface area contributed by atoms with Gasteiger partial charge in [-0.25, -0.2) is 0 Å². The Labute approximate surface area is 279 Å². The second-order valence-electron chi connectivity index (χ2n) is 11.7. The summed E-state index contributed by atoms with van der Waals surface area (Å²) in [6, 6.07) is 30.6. The molecular weight excluding hydrogens is 784 g/mol. The first-order chi connectivity index (χ1) is 20.4. The first kappa shape index (κ1) is 30.2. The van der Waals surface area contributed by atoms with Crippen LogP contribution in [0.3, 0.4) is 0 Å². The van der Waals surface area contributed by atoms with Crippen molar-refractivity contribution in [2.45, 2.75) is 62.2 Å². The number of halogens is 4. The number of benzene rings is 4. The zero-order chi connectivity index (χ0) is 29.5. The minimum Gasteiger partial charge on any atom is -0.300 e. The average Bonchev–Trinajstić information content (AvgIpc) is 3.44. The van der Waals surface area contributed by atoms with Gasteiger partial charge in [0.15, 0.2) is 0 Å². The summed E-state index contributed by atoms with van der Waals surface area (Å²) in [6.07, 6.45) is 6.64. The fourth-order valence-electron chi connectivity index (χ4n) is 7.84. The summed E-state index contributed by atoms with van der Waals surface area (Å²) < 4.78 is 2.23. The van der Waals surface area contributed by atoms with Gasteiger partial charge in [0.2, 0.25) is 0 Å². The molecule has 0 N–H and O–H groups in total. The first-order valence-corrected chi connectivity index (χ1v) is 19.7. The van der Waals surface area contributed by atoms with Crippen LogP contribution in [0.5, 0.6) is 0 Å². The predicted molar refractivity (Wildman–Crippen MR) is 186 cm³/mol. The lowest BCUT2D eigenvalue weighted by Crippen LogP contribution is -2.31. The van der Waals surface area contributed by atoms with Crippen LogP contribution < -0.4 is 0 Å². The number of hydrogen-bond acceptors (Lipinski definition) is 2. The van der Waals surface area contributed by atoms with E-state index in [1.807, 2.05) is 0 Å². The van der Waals surface area contributed by atoms with Crippen LogP contribution in [-0.4, -0.2) is 11.6 Å². The summed E-state index contributed by atoms with van der Waals surface area (Å²) in [5.41, 5.74) is 11.2. The molecule has 2 spiro atoms. The van der Waals surface area contributed by atoms with Crippen molar-refractivity contribution in [2.75, 3.05) is 0 Å². The van der Waals surface area contributed by atoms with Crippen molar-refractivity contribution in [2.24, 2.45) is 0 Å². The number of carbonyl (C=O) groups is 2.